The molecule has 1 N–H and O–H groups in total. The Labute approximate surface area is 116 Å². The molecule has 0 radical (unpaired) electrons. The van der Waals surface area contributed by atoms with Crippen LogP contribution in [0.1, 0.15) is 0 Å². The molecule has 0 saturated carbocycles. The van der Waals surface area contributed by atoms with E-state index in [2.05, 4.69) is 5.32 Å². The van der Waals surface area contributed by atoms with Crippen LogP contribution in [0.15, 0.2) is 18.2 Å². The van der Waals surface area contributed by atoms with Gasteiger partial charge >= 0.3 is 0 Å². The zero-order chi connectivity index (χ0) is 12.5. The van der Waals surface area contributed by atoms with E-state index in [0.717, 1.165) is 30.3 Å². The summed E-state index contributed by atoms with van der Waals surface area (Å²) in [5, 5.41) is 3.13. The van der Waals surface area contributed by atoms with Crippen LogP contribution in [0.4, 0.5) is 5.69 Å². The molecule has 1 saturated heterocycles. The minimum absolute atomic E-state index is 0.277. The van der Waals surface area contributed by atoms with Crippen LogP contribution in [0, 0.1) is 0 Å². The average molecular weight is 289 g/mol. The molecule has 2 aliphatic heterocycles. The van der Waals surface area contributed by atoms with Crippen LogP contribution in [-0.2, 0) is 0 Å². The summed E-state index contributed by atoms with van der Waals surface area (Å²) < 4.78 is 11.3. The molecule has 0 amide bonds. The van der Waals surface area contributed by atoms with Crippen molar-refractivity contribution >= 4 is 28.9 Å². The van der Waals surface area contributed by atoms with Gasteiger partial charge in [-0.2, -0.15) is 0 Å². The SMILES string of the molecule is ClC1NCCN(c2cccc3c2OCCO3)C1Cl. The Morgan fingerprint density at radius 3 is 2.94 bits per heavy atom. The number of nitrogens with one attached hydrogen (secondary N) is 1. The molecule has 2 atom stereocenters. The first-order valence-corrected chi connectivity index (χ1v) is 6.81. The quantitative estimate of drug-likeness (QED) is 0.633. The Morgan fingerprint density at radius 1 is 1.22 bits per heavy atom. The van der Waals surface area contributed by atoms with Gasteiger partial charge in [-0.1, -0.05) is 17.7 Å². The maximum absolute atomic E-state index is 6.35. The van der Waals surface area contributed by atoms with Crippen LogP contribution in [0.2, 0.25) is 0 Å². The van der Waals surface area contributed by atoms with Crippen molar-refractivity contribution < 1.29 is 9.47 Å². The van der Waals surface area contributed by atoms with E-state index >= 15 is 0 Å². The van der Waals surface area contributed by atoms with E-state index in [4.69, 9.17) is 32.7 Å². The molecule has 2 aliphatic rings. The number of ether oxygens (including phenoxy) is 2. The fraction of sp³-hybridized carbons (Fsp3) is 0.500. The molecule has 0 bridgehead atoms. The molecule has 18 heavy (non-hydrogen) atoms. The highest BCUT2D eigenvalue weighted by molar-refractivity contribution is 6.30. The zero-order valence-electron chi connectivity index (χ0n) is 9.73. The minimum Gasteiger partial charge on any atom is -0.486 e. The van der Waals surface area contributed by atoms with E-state index in [9.17, 15) is 0 Å². The van der Waals surface area contributed by atoms with Gasteiger partial charge in [-0.3, -0.25) is 5.32 Å². The van der Waals surface area contributed by atoms with Crippen LogP contribution >= 0.6 is 23.2 Å². The maximum atomic E-state index is 6.35. The van der Waals surface area contributed by atoms with Crippen molar-refractivity contribution in [2.45, 2.75) is 11.0 Å². The summed E-state index contributed by atoms with van der Waals surface area (Å²) in [7, 11) is 0. The molecule has 98 valence electrons. The van der Waals surface area contributed by atoms with Crippen LogP contribution in [0.25, 0.3) is 0 Å². The molecule has 3 rings (SSSR count). The minimum atomic E-state index is -0.308. The Bertz CT molecular complexity index is 444. The van der Waals surface area contributed by atoms with Crippen molar-refractivity contribution in [3.63, 3.8) is 0 Å². The number of benzene rings is 1. The molecule has 2 heterocycles. The van der Waals surface area contributed by atoms with E-state index in [1.165, 1.54) is 0 Å². The molecule has 1 aromatic rings. The van der Waals surface area contributed by atoms with Crippen LogP contribution < -0.4 is 19.7 Å². The summed E-state index contributed by atoms with van der Waals surface area (Å²) in [6.07, 6.45) is 0. The Balaban J connectivity index is 1.96. The van der Waals surface area contributed by atoms with E-state index in [1.807, 2.05) is 23.1 Å². The van der Waals surface area contributed by atoms with E-state index in [-0.39, 0.29) is 11.0 Å². The standard InChI is InChI=1S/C12H14Cl2N2O2/c13-11-12(14)16(5-4-15-11)8-2-1-3-9-10(8)18-7-6-17-9/h1-3,11-12,15H,4-7H2. The first kappa shape index (κ1) is 12.2. The molecule has 0 aromatic heterocycles. The lowest BCUT2D eigenvalue weighted by Crippen LogP contribution is -2.53. The summed E-state index contributed by atoms with van der Waals surface area (Å²) in [5.74, 6) is 1.53. The normalized spacial score (nSPS) is 27.1. The number of anilines is 1. The summed E-state index contributed by atoms with van der Waals surface area (Å²) in [4.78, 5) is 2.04. The van der Waals surface area contributed by atoms with E-state index < -0.39 is 0 Å². The number of nitrogens with zero attached hydrogens (tertiary/aromatic N) is 1. The van der Waals surface area contributed by atoms with Crippen molar-refractivity contribution in [2.24, 2.45) is 0 Å². The lowest BCUT2D eigenvalue weighted by molar-refractivity contribution is 0.172. The molecule has 0 spiro atoms. The van der Waals surface area contributed by atoms with Gasteiger partial charge in [-0.25, -0.2) is 0 Å². The number of hydrogen-bond donors (Lipinski definition) is 1. The Hall–Kier alpha value is -0.840. The van der Waals surface area contributed by atoms with Gasteiger partial charge in [0.2, 0.25) is 0 Å². The molecular weight excluding hydrogens is 275 g/mol. The fourth-order valence-electron chi connectivity index (χ4n) is 2.24. The van der Waals surface area contributed by atoms with E-state index in [0.29, 0.717) is 13.2 Å². The third-order valence-electron chi connectivity index (χ3n) is 3.09. The highest BCUT2D eigenvalue weighted by Gasteiger charge is 2.31. The largest absolute Gasteiger partial charge is 0.486 e. The molecular formula is C12H14Cl2N2O2. The number of rotatable bonds is 1. The molecule has 4 nitrogen and oxygen atoms in total. The third kappa shape index (κ3) is 2.09. The van der Waals surface area contributed by atoms with Crippen molar-refractivity contribution in [3.8, 4) is 11.5 Å². The van der Waals surface area contributed by atoms with Gasteiger partial charge < -0.3 is 14.4 Å². The third-order valence-corrected chi connectivity index (χ3v) is 4.10. The lowest BCUT2D eigenvalue weighted by Gasteiger charge is -2.38. The van der Waals surface area contributed by atoms with Crippen molar-refractivity contribution in [1.82, 2.24) is 5.32 Å². The Kier molecular flexibility index (Phi) is 3.41. The van der Waals surface area contributed by atoms with Crippen LogP contribution in [-0.4, -0.2) is 37.3 Å². The highest BCUT2D eigenvalue weighted by Crippen LogP contribution is 2.41. The van der Waals surface area contributed by atoms with Crippen LogP contribution in [0.3, 0.4) is 0 Å². The van der Waals surface area contributed by atoms with Crippen LogP contribution in [0.5, 0.6) is 11.5 Å². The fourth-order valence-corrected chi connectivity index (χ4v) is 2.78. The van der Waals surface area contributed by atoms with Gasteiger partial charge in [0, 0.05) is 13.1 Å². The van der Waals surface area contributed by atoms with Crippen molar-refractivity contribution in [3.05, 3.63) is 18.2 Å². The second-order valence-electron chi connectivity index (χ2n) is 4.22. The lowest BCUT2D eigenvalue weighted by atomic mass is 10.2. The van der Waals surface area contributed by atoms with Crippen molar-refractivity contribution in [1.29, 1.82) is 0 Å². The van der Waals surface area contributed by atoms with Crippen molar-refractivity contribution in [2.75, 3.05) is 31.2 Å². The summed E-state index contributed by atoms with van der Waals surface area (Å²) in [6.45, 7) is 2.73. The first-order valence-electron chi connectivity index (χ1n) is 5.94. The number of alkyl halides is 2. The second-order valence-corrected chi connectivity index (χ2v) is 5.14. The monoisotopic (exact) mass is 288 g/mol. The first-order chi connectivity index (χ1) is 8.77. The van der Waals surface area contributed by atoms with E-state index in [1.54, 1.807) is 0 Å². The maximum Gasteiger partial charge on any atom is 0.184 e. The summed E-state index contributed by atoms with van der Waals surface area (Å²) >= 11 is 12.5. The van der Waals surface area contributed by atoms with Gasteiger partial charge in [0.25, 0.3) is 0 Å². The van der Waals surface area contributed by atoms with Gasteiger partial charge in [-0.05, 0) is 12.1 Å². The number of para-hydroxylation sites is 1. The predicted molar refractivity (Wildman–Crippen MR) is 72.1 cm³/mol. The number of halogens is 2. The zero-order valence-corrected chi connectivity index (χ0v) is 11.2. The highest BCUT2D eigenvalue weighted by atomic mass is 35.5. The summed E-state index contributed by atoms with van der Waals surface area (Å²) in [6, 6.07) is 5.83. The van der Waals surface area contributed by atoms with Gasteiger partial charge in [0.15, 0.2) is 11.5 Å². The predicted octanol–water partition coefficient (Wildman–Crippen LogP) is 2.00. The topological polar surface area (TPSA) is 33.7 Å². The Morgan fingerprint density at radius 2 is 2.06 bits per heavy atom. The number of piperazine rings is 1. The number of fused-ring (bicyclic) bond motifs is 1. The summed E-state index contributed by atoms with van der Waals surface area (Å²) in [5.41, 5.74) is 0.359. The van der Waals surface area contributed by atoms with Gasteiger partial charge in [-0.15, -0.1) is 11.6 Å². The smallest absolute Gasteiger partial charge is 0.184 e. The molecule has 0 aliphatic carbocycles. The molecule has 2 unspecified atom stereocenters. The second kappa shape index (κ2) is 5.03. The molecule has 1 fully saturated rings. The van der Waals surface area contributed by atoms with Gasteiger partial charge in [0.05, 0.1) is 5.69 Å². The number of hydrogen-bond acceptors (Lipinski definition) is 4. The average Bonchev–Trinajstić information content (AvgIpc) is 2.41. The van der Waals surface area contributed by atoms with Gasteiger partial charge in [0.1, 0.15) is 24.2 Å². The molecule has 6 heteroatoms. The molecule has 1 aromatic carbocycles.